The van der Waals surface area contributed by atoms with E-state index in [9.17, 15) is 4.79 Å². The van der Waals surface area contributed by atoms with E-state index in [-0.39, 0.29) is 5.89 Å². The molecule has 0 amide bonds. The van der Waals surface area contributed by atoms with Gasteiger partial charge in [0.15, 0.2) is 0 Å². The van der Waals surface area contributed by atoms with Crippen molar-refractivity contribution in [3.63, 3.8) is 0 Å². The summed E-state index contributed by atoms with van der Waals surface area (Å²) < 4.78 is 9.74. The van der Waals surface area contributed by atoms with Gasteiger partial charge in [-0.3, -0.25) is 0 Å². The number of rotatable bonds is 2. The lowest BCUT2D eigenvalue weighted by Gasteiger charge is -1.94. The largest absolute Gasteiger partial charge is 0.459 e. The van der Waals surface area contributed by atoms with E-state index in [0.717, 1.165) is 5.69 Å². The Bertz CT molecular complexity index is 271. The third kappa shape index (κ3) is 1.64. The monoisotopic (exact) mass is 169 g/mol. The van der Waals surface area contributed by atoms with Gasteiger partial charge in [-0.1, -0.05) is 0 Å². The molecule has 4 heteroatoms. The molecule has 0 spiro atoms. The lowest BCUT2D eigenvalue weighted by Crippen LogP contribution is -2.04. The van der Waals surface area contributed by atoms with Gasteiger partial charge in [-0.15, -0.1) is 0 Å². The maximum atomic E-state index is 11.0. The van der Waals surface area contributed by atoms with Crippen LogP contribution in [0.15, 0.2) is 4.42 Å². The van der Waals surface area contributed by atoms with Crippen LogP contribution < -0.4 is 0 Å². The van der Waals surface area contributed by atoms with Gasteiger partial charge in [-0.25, -0.2) is 9.78 Å². The number of hydrogen-bond acceptors (Lipinski definition) is 4. The Balaban J connectivity index is 2.82. The summed E-state index contributed by atoms with van der Waals surface area (Å²) in [6, 6.07) is 0. The van der Waals surface area contributed by atoms with Crippen LogP contribution in [0.5, 0.6) is 0 Å². The number of carbonyl (C=O) groups is 1. The highest BCUT2D eigenvalue weighted by molar-refractivity contribution is 5.84. The fraction of sp³-hybridized carbons (Fsp3) is 0.500. The molecule has 0 saturated heterocycles. The van der Waals surface area contributed by atoms with Crippen molar-refractivity contribution in [2.75, 3.05) is 6.61 Å². The maximum absolute atomic E-state index is 11.0. The van der Waals surface area contributed by atoms with E-state index < -0.39 is 5.97 Å². The standard InChI is InChI=1S/C8H11NO3/c1-4-11-8(10)7-9-5(2)6(3)12-7/h4H2,1-3H3. The Labute approximate surface area is 70.5 Å². The van der Waals surface area contributed by atoms with E-state index in [1.807, 2.05) is 0 Å². The number of ether oxygens (including phenoxy) is 1. The molecule has 0 fully saturated rings. The summed E-state index contributed by atoms with van der Waals surface area (Å²) in [6.07, 6.45) is 0. The molecule has 12 heavy (non-hydrogen) atoms. The lowest BCUT2D eigenvalue weighted by molar-refractivity contribution is 0.0479. The zero-order chi connectivity index (χ0) is 9.14. The van der Waals surface area contributed by atoms with E-state index in [1.54, 1.807) is 20.8 Å². The Morgan fingerprint density at radius 1 is 1.58 bits per heavy atom. The smallest absolute Gasteiger partial charge is 0.394 e. The molecule has 1 rings (SSSR count). The van der Waals surface area contributed by atoms with Crippen molar-refractivity contribution < 1.29 is 13.9 Å². The second-order valence-electron chi connectivity index (χ2n) is 2.38. The van der Waals surface area contributed by atoms with Gasteiger partial charge in [-0.2, -0.15) is 0 Å². The molecule has 0 atom stereocenters. The van der Waals surface area contributed by atoms with Gasteiger partial charge in [0, 0.05) is 0 Å². The molecular formula is C8H11NO3. The van der Waals surface area contributed by atoms with Crippen LogP contribution >= 0.6 is 0 Å². The topological polar surface area (TPSA) is 52.3 Å². The van der Waals surface area contributed by atoms with Gasteiger partial charge in [0.2, 0.25) is 0 Å². The lowest BCUT2D eigenvalue weighted by atomic mass is 10.4. The Hall–Kier alpha value is -1.32. The predicted molar refractivity (Wildman–Crippen MR) is 41.9 cm³/mol. The van der Waals surface area contributed by atoms with Crippen molar-refractivity contribution >= 4 is 5.97 Å². The minimum Gasteiger partial charge on any atom is -0.459 e. The summed E-state index contributed by atoms with van der Waals surface area (Å²) in [5.41, 5.74) is 0.720. The second kappa shape index (κ2) is 3.38. The van der Waals surface area contributed by atoms with Crippen LogP contribution in [0.2, 0.25) is 0 Å². The first kappa shape index (κ1) is 8.77. The van der Waals surface area contributed by atoms with Crippen LogP contribution in [0, 0.1) is 13.8 Å². The Morgan fingerprint density at radius 2 is 2.25 bits per heavy atom. The number of aryl methyl sites for hydroxylation is 2. The number of hydrogen-bond donors (Lipinski definition) is 0. The van der Waals surface area contributed by atoms with Crippen molar-refractivity contribution in [3.05, 3.63) is 17.3 Å². The van der Waals surface area contributed by atoms with E-state index in [2.05, 4.69) is 4.98 Å². The first-order valence-corrected chi connectivity index (χ1v) is 3.76. The maximum Gasteiger partial charge on any atom is 0.394 e. The predicted octanol–water partition coefficient (Wildman–Crippen LogP) is 1.47. The number of aromatic nitrogens is 1. The van der Waals surface area contributed by atoms with Crippen LogP contribution in [0.25, 0.3) is 0 Å². The molecule has 1 heterocycles. The quantitative estimate of drug-likeness (QED) is 0.629. The fourth-order valence-electron chi connectivity index (χ4n) is 0.753. The first-order chi connectivity index (χ1) is 5.65. The normalized spacial score (nSPS) is 9.92. The van der Waals surface area contributed by atoms with Crippen molar-refractivity contribution in [1.82, 2.24) is 4.98 Å². The summed E-state index contributed by atoms with van der Waals surface area (Å²) >= 11 is 0. The average molecular weight is 169 g/mol. The molecule has 0 N–H and O–H groups in total. The number of nitrogens with zero attached hydrogens (tertiary/aromatic N) is 1. The zero-order valence-corrected chi connectivity index (χ0v) is 7.38. The average Bonchev–Trinajstić information content (AvgIpc) is 2.33. The Morgan fingerprint density at radius 3 is 2.67 bits per heavy atom. The molecule has 0 unspecified atom stereocenters. The summed E-state index contributed by atoms with van der Waals surface area (Å²) in [5, 5.41) is 0. The summed E-state index contributed by atoms with van der Waals surface area (Å²) in [6.45, 7) is 5.60. The molecule has 0 bridgehead atoms. The van der Waals surface area contributed by atoms with Crippen molar-refractivity contribution in [2.24, 2.45) is 0 Å². The van der Waals surface area contributed by atoms with E-state index in [0.29, 0.717) is 12.4 Å². The highest BCUT2D eigenvalue weighted by Crippen LogP contribution is 2.08. The molecule has 0 aromatic carbocycles. The van der Waals surface area contributed by atoms with Crippen molar-refractivity contribution in [1.29, 1.82) is 0 Å². The third-order valence-electron chi connectivity index (χ3n) is 1.48. The SMILES string of the molecule is CCOC(=O)c1nc(C)c(C)o1. The number of carbonyl (C=O) groups excluding carboxylic acids is 1. The minimum atomic E-state index is -0.506. The van der Waals surface area contributed by atoms with Crippen molar-refractivity contribution in [3.8, 4) is 0 Å². The van der Waals surface area contributed by atoms with Gasteiger partial charge in [-0.05, 0) is 20.8 Å². The molecule has 0 radical (unpaired) electrons. The molecule has 0 aliphatic carbocycles. The Kier molecular flexibility index (Phi) is 2.47. The molecule has 1 aromatic heterocycles. The van der Waals surface area contributed by atoms with Gasteiger partial charge in [0.25, 0.3) is 0 Å². The molecule has 0 aliphatic rings. The highest BCUT2D eigenvalue weighted by atomic mass is 16.5. The second-order valence-corrected chi connectivity index (χ2v) is 2.38. The third-order valence-corrected chi connectivity index (χ3v) is 1.48. The van der Waals surface area contributed by atoms with Gasteiger partial charge < -0.3 is 9.15 Å². The molecule has 1 aromatic rings. The van der Waals surface area contributed by atoms with Gasteiger partial charge >= 0.3 is 11.9 Å². The van der Waals surface area contributed by atoms with Crippen LogP contribution in [-0.4, -0.2) is 17.6 Å². The van der Waals surface area contributed by atoms with Crippen LogP contribution in [0.4, 0.5) is 0 Å². The number of oxazole rings is 1. The molecule has 0 saturated carbocycles. The summed E-state index contributed by atoms with van der Waals surface area (Å²) in [7, 11) is 0. The van der Waals surface area contributed by atoms with E-state index in [4.69, 9.17) is 9.15 Å². The van der Waals surface area contributed by atoms with Crippen LogP contribution in [0.1, 0.15) is 29.1 Å². The zero-order valence-electron chi connectivity index (χ0n) is 7.38. The number of esters is 1. The minimum absolute atomic E-state index is 0.0341. The highest BCUT2D eigenvalue weighted by Gasteiger charge is 2.14. The van der Waals surface area contributed by atoms with Crippen LogP contribution in [0.3, 0.4) is 0 Å². The molecule has 0 aliphatic heterocycles. The van der Waals surface area contributed by atoms with Gasteiger partial charge in [0.1, 0.15) is 5.76 Å². The summed E-state index contributed by atoms with van der Waals surface area (Å²) in [4.78, 5) is 14.9. The molecule has 66 valence electrons. The first-order valence-electron chi connectivity index (χ1n) is 3.76. The van der Waals surface area contributed by atoms with Gasteiger partial charge in [0.05, 0.1) is 12.3 Å². The molecule has 4 nitrogen and oxygen atoms in total. The summed E-state index contributed by atoms with van der Waals surface area (Å²) in [5.74, 6) is 0.179. The van der Waals surface area contributed by atoms with E-state index >= 15 is 0 Å². The molecular weight excluding hydrogens is 158 g/mol. The van der Waals surface area contributed by atoms with Crippen LogP contribution in [-0.2, 0) is 4.74 Å². The fourth-order valence-corrected chi connectivity index (χ4v) is 0.753. The van der Waals surface area contributed by atoms with E-state index in [1.165, 1.54) is 0 Å². The van der Waals surface area contributed by atoms with Crippen molar-refractivity contribution in [2.45, 2.75) is 20.8 Å².